The summed E-state index contributed by atoms with van der Waals surface area (Å²) >= 11 is 3.49. The first-order valence-electron chi connectivity index (χ1n) is 8.87. The summed E-state index contributed by atoms with van der Waals surface area (Å²) in [7, 11) is 1.92. The SMILES string of the molecule is Cn1nccc1-c1cccc(Nc2ncc3nnn(-c4cccc(Br)c4)c3n2)c1. The molecule has 0 unspecified atom stereocenters. The third-order valence-electron chi connectivity index (χ3n) is 4.48. The highest BCUT2D eigenvalue weighted by Gasteiger charge is 2.11. The van der Waals surface area contributed by atoms with Crippen LogP contribution in [0.1, 0.15) is 0 Å². The third-order valence-corrected chi connectivity index (χ3v) is 4.97. The minimum absolute atomic E-state index is 0.471. The maximum absolute atomic E-state index is 4.63. The van der Waals surface area contributed by atoms with Gasteiger partial charge in [0.05, 0.1) is 17.6 Å². The number of nitrogens with one attached hydrogen (secondary N) is 1. The van der Waals surface area contributed by atoms with Crippen molar-refractivity contribution in [2.24, 2.45) is 7.05 Å². The molecule has 9 heteroatoms. The van der Waals surface area contributed by atoms with E-state index >= 15 is 0 Å². The molecule has 0 bridgehead atoms. The van der Waals surface area contributed by atoms with Gasteiger partial charge in [0.1, 0.15) is 0 Å². The summed E-state index contributed by atoms with van der Waals surface area (Å²) in [6.45, 7) is 0. The third kappa shape index (κ3) is 3.36. The molecular formula is C20H15BrN8. The predicted octanol–water partition coefficient (Wildman–Crippen LogP) is 4.12. The molecular weight excluding hydrogens is 432 g/mol. The number of fused-ring (bicyclic) bond motifs is 1. The Hall–Kier alpha value is -3.59. The van der Waals surface area contributed by atoms with Gasteiger partial charge < -0.3 is 5.32 Å². The number of halogens is 1. The van der Waals surface area contributed by atoms with Crippen LogP contribution >= 0.6 is 15.9 Å². The second kappa shape index (κ2) is 7.10. The van der Waals surface area contributed by atoms with Gasteiger partial charge in [0.2, 0.25) is 5.95 Å². The van der Waals surface area contributed by atoms with Gasteiger partial charge in [-0.3, -0.25) is 4.68 Å². The summed E-state index contributed by atoms with van der Waals surface area (Å²) in [5, 5.41) is 15.9. The Morgan fingerprint density at radius 2 is 1.93 bits per heavy atom. The summed E-state index contributed by atoms with van der Waals surface area (Å²) in [5.74, 6) is 0.471. The fourth-order valence-corrected chi connectivity index (χ4v) is 3.50. The maximum Gasteiger partial charge on any atom is 0.229 e. The number of nitrogens with zero attached hydrogens (tertiary/aromatic N) is 7. The molecule has 0 saturated carbocycles. The molecule has 3 aromatic heterocycles. The fourth-order valence-electron chi connectivity index (χ4n) is 3.11. The number of aromatic nitrogens is 7. The molecule has 5 aromatic rings. The van der Waals surface area contributed by atoms with Crippen LogP contribution in [0.15, 0.2) is 71.5 Å². The van der Waals surface area contributed by atoms with Crippen LogP contribution in [0.2, 0.25) is 0 Å². The monoisotopic (exact) mass is 446 g/mol. The van der Waals surface area contributed by atoms with Gasteiger partial charge in [-0.25, -0.2) is 4.98 Å². The van der Waals surface area contributed by atoms with Gasteiger partial charge in [-0.1, -0.05) is 39.3 Å². The molecule has 0 saturated heterocycles. The van der Waals surface area contributed by atoms with Crippen molar-refractivity contribution in [1.82, 2.24) is 34.7 Å². The van der Waals surface area contributed by atoms with Crippen LogP contribution in [-0.2, 0) is 7.05 Å². The number of hydrogen-bond acceptors (Lipinski definition) is 6. The Balaban J connectivity index is 1.50. The summed E-state index contributed by atoms with van der Waals surface area (Å²) in [4.78, 5) is 9.00. The smallest absolute Gasteiger partial charge is 0.229 e. The first-order valence-corrected chi connectivity index (χ1v) is 9.66. The van der Waals surface area contributed by atoms with Gasteiger partial charge in [0.25, 0.3) is 0 Å². The van der Waals surface area contributed by atoms with E-state index in [0.29, 0.717) is 17.1 Å². The van der Waals surface area contributed by atoms with Gasteiger partial charge in [-0.15, -0.1) is 5.10 Å². The first kappa shape index (κ1) is 17.5. The van der Waals surface area contributed by atoms with Crippen LogP contribution in [0.3, 0.4) is 0 Å². The van der Waals surface area contributed by atoms with E-state index in [1.807, 2.05) is 66.3 Å². The molecule has 5 rings (SSSR count). The van der Waals surface area contributed by atoms with Gasteiger partial charge in [0.15, 0.2) is 11.2 Å². The van der Waals surface area contributed by atoms with Crippen molar-refractivity contribution in [2.75, 3.05) is 5.32 Å². The van der Waals surface area contributed by atoms with Gasteiger partial charge >= 0.3 is 0 Å². The number of rotatable bonds is 4. The van der Waals surface area contributed by atoms with Crippen molar-refractivity contribution in [1.29, 1.82) is 0 Å². The van der Waals surface area contributed by atoms with E-state index in [4.69, 9.17) is 0 Å². The van der Waals surface area contributed by atoms with E-state index < -0.39 is 0 Å². The summed E-state index contributed by atoms with van der Waals surface area (Å²) in [6, 6.07) is 17.8. The number of anilines is 2. The second-order valence-electron chi connectivity index (χ2n) is 6.43. The van der Waals surface area contributed by atoms with E-state index in [0.717, 1.165) is 27.1 Å². The van der Waals surface area contributed by atoms with Crippen LogP contribution in [0.4, 0.5) is 11.6 Å². The molecule has 0 spiro atoms. The summed E-state index contributed by atoms with van der Waals surface area (Å²) in [6.07, 6.45) is 3.44. The molecule has 29 heavy (non-hydrogen) atoms. The molecule has 1 N–H and O–H groups in total. The highest BCUT2D eigenvalue weighted by atomic mass is 79.9. The molecule has 0 amide bonds. The van der Waals surface area contributed by atoms with Gasteiger partial charge in [-0.05, 0) is 36.4 Å². The van der Waals surface area contributed by atoms with E-state index in [1.54, 1.807) is 17.1 Å². The second-order valence-corrected chi connectivity index (χ2v) is 7.35. The Morgan fingerprint density at radius 1 is 1.03 bits per heavy atom. The molecule has 142 valence electrons. The molecule has 0 aliphatic heterocycles. The Labute approximate surface area is 174 Å². The van der Waals surface area contributed by atoms with Crippen LogP contribution in [-0.4, -0.2) is 34.7 Å². The molecule has 0 aliphatic rings. The quantitative estimate of drug-likeness (QED) is 0.446. The maximum atomic E-state index is 4.63. The van der Waals surface area contributed by atoms with Crippen LogP contribution in [0, 0.1) is 0 Å². The highest BCUT2D eigenvalue weighted by Crippen LogP contribution is 2.24. The topological polar surface area (TPSA) is 86.3 Å². The molecule has 8 nitrogen and oxygen atoms in total. The number of aryl methyl sites for hydroxylation is 1. The lowest BCUT2D eigenvalue weighted by molar-refractivity contribution is 0.776. The lowest BCUT2D eigenvalue weighted by Crippen LogP contribution is -2.01. The van der Waals surface area contributed by atoms with Crippen LogP contribution in [0.5, 0.6) is 0 Å². The molecule has 0 fully saturated rings. The first-order chi connectivity index (χ1) is 14.2. The van der Waals surface area contributed by atoms with E-state index in [1.165, 1.54) is 0 Å². The molecule has 3 heterocycles. The lowest BCUT2D eigenvalue weighted by atomic mass is 10.1. The standard InChI is InChI=1S/C20H15BrN8/c1-28-18(8-9-23-28)13-4-2-6-15(10-13)24-20-22-12-17-19(25-20)29(27-26-17)16-7-3-5-14(21)11-16/h2-12H,1H3,(H,22,24,25). The summed E-state index contributed by atoms with van der Waals surface area (Å²) in [5.41, 5.74) is 5.08. The van der Waals surface area contributed by atoms with Crippen molar-refractivity contribution in [3.63, 3.8) is 0 Å². The lowest BCUT2D eigenvalue weighted by Gasteiger charge is -2.08. The van der Waals surface area contributed by atoms with Gasteiger partial charge in [-0.2, -0.15) is 14.8 Å². The van der Waals surface area contributed by atoms with Crippen LogP contribution < -0.4 is 5.32 Å². The predicted molar refractivity (Wildman–Crippen MR) is 114 cm³/mol. The van der Waals surface area contributed by atoms with Crippen molar-refractivity contribution < 1.29 is 0 Å². The Kier molecular flexibility index (Phi) is 4.28. The Bertz CT molecular complexity index is 1320. The van der Waals surface area contributed by atoms with E-state index in [-0.39, 0.29) is 0 Å². The van der Waals surface area contributed by atoms with Crippen molar-refractivity contribution >= 4 is 38.7 Å². The molecule has 0 atom stereocenters. The minimum atomic E-state index is 0.471. The van der Waals surface area contributed by atoms with Crippen molar-refractivity contribution in [3.05, 3.63) is 71.5 Å². The molecule has 0 aliphatic carbocycles. The molecule has 2 aromatic carbocycles. The zero-order chi connectivity index (χ0) is 19.8. The number of benzene rings is 2. The zero-order valence-electron chi connectivity index (χ0n) is 15.4. The minimum Gasteiger partial charge on any atom is -0.324 e. The van der Waals surface area contributed by atoms with Crippen LogP contribution in [0.25, 0.3) is 28.1 Å². The normalized spacial score (nSPS) is 11.1. The highest BCUT2D eigenvalue weighted by molar-refractivity contribution is 9.10. The average Bonchev–Trinajstić information content (AvgIpc) is 3.34. The van der Waals surface area contributed by atoms with Crippen molar-refractivity contribution in [3.8, 4) is 16.9 Å². The average molecular weight is 447 g/mol. The van der Waals surface area contributed by atoms with E-state index in [2.05, 4.69) is 46.6 Å². The summed E-state index contributed by atoms with van der Waals surface area (Å²) < 4.78 is 4.49. The van der Waals surface area contributed by atoms with Crippen molar-refractivity contribution in [2.45, 2.75) is 0 Å². The largest absolute Gasteiger partial charge is 0.324 e. The fraction of sp³-hybridized carbons (Fsp3) is 0.0500. The molecule has 0 radical (unpaired) electrons. The number of hydrogen-bond donors (Lipinski definition) is 1. The Morgan fingerprint density at radius 3 is 2.76 bits per heavy atom. The zero-order valence-corrected chi connectivity index (χ0v) is 16.9. The van der Waals surface area contributed by atoms with E-state index in [9.17, 15) is 0 Å². The van der Waals surface area contributed by atoms with Gasteiger partial charge in [0, 0.05) is 29.0 Å².